The summed E-state index contributed by atoms with van der Waals surface area (Å²) in [5.74, 6) is 0.958. The standard InChI is InChI=1S/C14H28N2O/c1-11(2)7-6-8-12(3)16-14(17)13-9-4-5-10-15-13/h11-13,15H,4-10H2,1-3H3,(H,16,17). The molecule has 0 aromatic carbocycles. The second kappa shape index (κ2) is 7.70. The van der Waals surface area contributed by atoms with Crippen molar-refractivity contribution >= 4 is 5.91 Å². The van der Waals surface area contributed by atoms with Crippen LogP contribution in [0, 0.1) is 5.92 Å². The SMILES string of the molecule is CC(C)CCCC(C)NC(=O)C1CCCCN1. The molecule has 1 amide bonds. The van der Waals surface area contributed by atoms with E-state index in [9.17, 15) is 4.79 Å². The highest BCUT2D eigenvalue weighted by molar-refractivity contribution is 5.82. The van der Waals surface area contributed by atoms with Crippen LogP contribution in [0.4, 0.5) is 0 Å². The first-order chi connectivity index (χ1) is 8.09. The van der Waals surface area contributed by atoms with E-state index in [0.717, 1.165) is 25.3 Å². The molecule has 100 valence electrons. The summed E-state index contributed by atoms with van der Waals surface area (Å²) in [6.45, 7) is 7.59. The molecule has 0 aromatic rings. The van der Waals surface area contributed by atoms with Gasteiger partial charge < -0.3 is 10.6 Å². The third-order valence-corrected chi connectivity index (χ3v) is 3.43. The molecule has 3 nitrogen and oxygen atoms in total. The maximum atomic E-state index is 11.9. The van der Waals surface area contributed by atoms with Gasteiger partial charge in [0.05, 0.1) is 6.04 Å². The van der Waals surface area contributed by atoms with Gasteiger partial charge in [0, 0.05) is 6.04 Å². The summed E-state index contributed by atoms with van der Waals surface area (Å²) in [7, 11) is 0. The summed E-state index contributed by atoms with van der Waals surface area (Å²) in [5.41, 5.74) is 0. The Kier molecular flexibility index (Phi) is 6.56. The predicted octanol–water partition coefficient (Wildman–Crippen LogP) is 2.46. The monoisotopic (exact) mass is 240 g/mol. The Balaban J connectivity index is 2.15. The molecule has 0 spiro atoms. The van der Waals surface area contributed by atoms with Crippen molar-refractivity contribution < 1.29 is 4.79 Å². The van der Waals surface area contributed by atoms with Gasteiger partial charge >= 0.3 is 0 Å². The van der Waals surface area contributed by atoms with Crippen molar-refractivity contribution in [1.82, 2.24) is 10.6 Å². The molecule has 1 saturated heterocycles. The van der Waals surface area contributed by atoms with E-state index in [2.05, 4.69) is 31.4 Å². The first kappa shape index (κ1) is 14.5. The zero-order valence-corrected chi connectivity index (χ0v) is 11.6. The lowest BCUT2D eigenvalue weighted by molar-refractivity contribution is -0.124. The van der Waals surface area contributed by atoms with Crippen molar-refractivity contribution in [3.8, 4) is 0 Å². The maximum absolute atomic E-state index is 11.9. The number of amides is 1. The molecule has 3 heteroatoms. The Hall–Kier alpha value is -0.570. The average molecular weight is 240 g/mol. The van der Waals surface area contributed by atoms with E-state index in [4.69, 9.17) is 0 Å². The van der Waals surface area contributed by atoms with Gasteiger partial charge in [0.2, 0.25) is 5.91 Å². The average Bonchev–Trinajstić information content (AvgIpc) is 2.29. The Labute approximate surface area is 106 Å². The van der Waals surface area contributed by atoms with Gasteiger partial charge in [0.1, 0.15) is 0 Å². The fourth-order valence-corrected chi connectivity index (χ4v) is 2.32. The Bertz CT molecular complexity index is 222. The highest BCUT2D eigenvalue weighted by Gasteiger charge is 2.21. The molecule has 2 atom stereocenters. The van der Waals surface area contributed by atoms with Gasteiger partial charge in [0.15, 0.2) is 0 Å². The normalized spacial score (nSPS) is 22.5. The molecule has 0 radical (unpaired) electrons. The molecule has 2 N–H and O–H groups in total. The van der Waals surface area contributed by atoms with Crippen LogP contribution in [-0.2, 0) is 4.79 Å². The number of carbonyl (C=O) groups is 1. The van der Waals surface area contributed by atoms with Crippen molar-refractivity contribution in [2.24, 2.45) is 5.92 Å². The van der Waals surface area contributed by atoms with E-state index in [1.807, 2.05) is 0 Å². The molecule has 0 aromatic heterocycles. The largest absolute Gasteiger partial charge is 0.352 e. The summed E-state index contributed by atoms with van der Waals surface area (Å²) in [4.78, 5) is 11.9. The lowest BCUT2D eigenvalue weighted by Gasteiger charge is -2.24. The zero-order chi connectivity index (χ0) is 12.7. The molecule has 1 rings (SSSR count). The van der Waals surface area contributed by atoms with E-state index in [0.29, 0.717) is 6.04 Å². The van der Waals surface area contributed by atoms with Gasteiger partial charge in [-0.25, -0.2) is 0 Å². The minimum absolute atomic E-state index is 0.0521. The summed E-state index contributed by atoms with van der Waals surface area (Å²) in [6, 6.07) is 0.362. The predicted molar refractivity (Wildman–Crippen MR) is 71.9 cm³/mol. The minimum Gasteiger partial charge on any atom is -0.352 e. The van der Waals surface area contributed by atoms with Crippen LogP contribution in [-0.4, -0.2) is 24.5 Å². The second-order valence-corrected chi connectivity index (χ2v) is 5.74. The van der Waals surface area contributed by atoms with Crippen LogP contribution in [0.15, 0.2) is 0 Å². The lowest BCUT2D eigenvalue weighted by Crippen LogP contribution is -2.48. The van der Waals surface area contributed by atoms with Crippen LogP contribution < -0.4 is 10.6 Å². The number of hydrogen-bond donors (Lipinski definition) is 2. The van der Waals surface area contributed by atoms with E-state index in [1.54, 1.807) is 0 Å². The molecule has 0 aliphatic carbocycles. The number of carbonyl (C=O) groups excluding carboxylic acids is 1. The van der Waals surface area contributed by atoms with Crippen LogP contribution in [0.2, 0.25) is 0 Å². The van der Waals surface area contributed by atoms with Crippen molar-refractivity contribution in [1.29, 1.82) is 0 Å². The molecule has 17 heavy (non-hydrogen) atoms. The summed E-state index contributed by atoms with van der Waals surface area (Å²) < 4.78 is 0. The third-order valence-electron chi connectivity index (χ3n) is 3.43. The van der Waals surface area contributed by atoms with E-state index < -0.39 is 0 Å². The van der Waals surface area contributed by atoms with Gasteiger partial charge in [-0.05, 0) is 38.6 Å². The Morgan fingerprint density at radius 3 is 2.65 bits per heavy atom. The first-order valence-corrected chi connectivity index (χ1v) is 7.13. The quantitative estimate of drug-likeness (QED) is 0.749. The molecule has 2 unspecified atom stereocenters. The highest BCUT2D eigenvalue weighted by atomic mass is 16.2. The van der Waals surface area contributed by atoms with E-state index >= 15 is 0 Å². The Morgan fingerprint density at radius 2 is 2.06 bits per heavy atom. The van der Waals surface area contributed by atoms with Crippen LogP contribution in [0.1, 0.15) is 59.3 Å². The van der Waals surface area contributed by atoms with Gasteiger partial charge in [0.25, 0.3) is 0 Å². The van der Waals surface area contributed by atoms with Gasteiger partial charge in [-0.2, -0.15) is 0 Å². The number of nitrogens with one attached hydrogen (secondary N) is 2. The van der Waals surface area contributed by atoms with Crippen LogP contribution in [0.5, 0.6) is 0 Å². The number of rotatable bonds is 6. The topological polar surface area (TPSA) is 41.1 Å². The van der Waals surface area contributed by atoms with Crippen LogP contribution in [0.25, 0.3) is 0 Å². The third kappa shape index (κ3) is 6.06. The highest BCUT2D eigenvalue weighted by Crippen LogP contribution is 2.10. The fourth-order valence-electron chi connectivity index (χ4n) is 2.32. The smallest absolute Gasteiger partial charge is 0.237 e. The molecular weight excluding hydrogens is 212 g/mol. The molecule has 1 aliphatic rings. The minimum atomic E-state index is 0.0521. The molecule has 1 fully saturated rings. The fraction of sp³-hybridized carbons (Fsp3) is 0.929. The lowest BCUT2D eigenvalue weighted by atomic mass is 10.0. The summed E-state index contributed by atoms with van der Waals surface area (Å²) >= 11 is 0. The summed E-state index contributed by atoms with van der Waals surface area (Å²) in [5, 5.41) is 6.41. The van der Waals surface area contributed by atoms with Crippen LogP contribution in [0.3, 0.4) is 0 Å². The van der Waals surface area contributed by atoms with Crippen LogP contribution >= 0.6 is 0 Å². The van der Waals surface area contributed by atoms with E-state index in [-0.39, 0.29) is 11.9 Å². The van der Waals surface area contributed by atoms with Gasteiger partial charge in [-0.1, -0.05) is 33.1 Å². The van der Waals surface area contributed by atoms with Crippen molar-refractivity contribution in [3.05, 3.63) is 0 Å². The number of piperidine rings is 1. The molecule has 0 bridgehead atoms. The zero-order valence-electron chi connectivity index (χ0n) is 11.6. The number of hydrogen-bond acceptors (Lipinski definition) is 2. The molecule has 1 heterocycles. The second-order valence-electron chi connectivity index (χ2n) is 5.74. The molecule has 1 aliphatic heterocycles. The first-order valence-electron chi connectivity index (χ1n) is 7.13. The summed E-state index contributed by atoms with van der Waals surface area (Å²) in [6.07, 6.45) is 6.92. The van der Waals surface area contributed by atoms with Crippen molar-refractivity contribution in [3.63, 3.8) is 0 Å². The van der Waals surface area contributed by atoms with Crippen molar-refractivity contribution in [2.75, 3.05) is 6.54 Å². The van der Waals surface area contributed by atoms with Crippen molar-refractivity contribution in [2.45, 2.75) is 71.4 Å². The Morgan fingerprint density at radius 1 is 1.29 bits per heavy atom. The van der Waals surface area contributed by atoms with E-state index in [1.165, 1.54) is 25.7 Å². The molecule has 0 saturated carbocycles. The maximum Gasteiger partial charge on any atom is 0.237 e. The molecular formula is C14H28N2O. The van der Waals surface area contributed by atoms with Gasteiger partial charge in [-0.15, -0.1) is 0 Å². The van der Waals surface area contributed by atoms with Gasteiger partial charge in [-0.3, -0.25) is 4.79 Å².